The van der Waals surface area contributed by atoms with Crippen molar-refractivity contribution in [1.82, 2.24) is 15.0 Å². The molecule has 7 heteroatoms. The summed E-state index contributed by atoms with van der Waals surface area (Å²) in [6.07, 6.45) is 18.5. The average molecular weight is 558 g/mol. The van der Waals surface area contributed by atoms with Gasteiger partial charge in [-0.2, -0.15) is 0 Å². The highest BCUT2D eigenvalue weighted by Gasteiger charge is 2.14. The van der Waals surface area contributed by atoms with Crippen molar-refractivity contribution in [2.45, 2.75) is 118 Å². The van der Waals surface area contributed by atoms with Gasteiger partial charge in [0.05, 0.1) is 12.4 Å². The van der Waals surface area contributed by atoms with Crippen molar-refractivity contribution in [2.75, 3.05) is 0 Å². The van der Waals surface area contributed by atoms with E-state index in [1.165, 1.54) is 76.3 Å². The first-order chi connectivity index (χ1) is 18.4. The highest BCUT2D eigenvalue weighted by molar-refractivity contribution is 6.28. The van der Waals surface area contributed by atoms with Gasteiger partial charge in [0.2, 0.25) is 25.4 Å². The van der Waals surface area contributed by atoms with E-state index in [0.29, 0.717) is 11.8 Å². The number of rotatable bonds is 21. The van der Waals surface area contributed by atoms with Crippen molar-refractivity contribution in [3.05, 3.63) is 30.7 Å². The fourth-order valence-corrected chi connectivity index (χ4v) is 7.10. The second-order valence-corrected chi connectivity index (χ2v) is 14.3. The minimum atomic E-state index is -0.685. The molecule has 5 nitrogen and oxygen atoms in total. The van der Waals surface area contributed by atoms with Crippen molar-refractivity contribution >= 4 is 19.5 Å². The summed E-state index contributed by atoms with van der Waals surface area (Å²) in [6, 6.07) is 6.31. The maximum atomic E-state index is 6.30. The zero-order valence-corrected chi connectivity index (χ0v) is 28.1. The Kier molecular flexibility index (Phi) is 16.5. The standard InChI is InChI=1S/C31H55N3O2Si2/c1-7-9-13-24(3)17-18-25(4)23-38-36-30-22-32-21-28(34-30)31-29(16-11-19-33-31)35-37-20-12-15-27(6)26(5)14-10-8-2/h11,16,19,21-22,24-27H,7-10,12-15,17-18,20,23,37-38H2,1-6H3. The van der Waals surface area contributed by atoms with Crippen LogP contribution in [0.3, 0.4) is 0 Å². The maximum Gasteiger partial charge on any atom is 0.221 e. The summed E-state index contributed by atoms with van der Waals surface area (Å²) >= 11 is 0. The van der Waals surface area contributed by atoms with E-state index >= 15 is 0 Å². The second-order valence-electron chi connectivity index (χ2n) is 11.6. The molecule has 4 unspecified atom stereocenters. The lowest BCUT2D eigenvalue weighted by Crippen LogP contribution is -2.10. The predicted octanol–water partition coefficient (Wildman–Crippen LogP) is 7.79. The number of hydrogen-bond donors (Lipinski definition) is 0. The lowest BCUT2D eigenvalue weighted by molar-refractivity contribution is 0.333. The Labute approximate surface area is 238 Å². The van der Waals surface area contributed by atoms with Crippen LogP contribution in [0.15, 0.2) is 30.7 Å². The highest BCUT2D eigenvalue weighted by atomic mass is 28.2. The molecule has 2 heterocycles. The van der Waals surface area contributed by atoms with Crippen LogP contribution in [0.5, 0.6) is 11.6 Å². The van der Waals surface area contributed by atoms with Crippen molar-refractivity contribution < 1.29 is 8.85 Å². The van der Waals surface area contributed by atoms with Gasteiger partial charge < -0.3 is 8.85 Å². The summed E-state index contributed by atoms with van der Waals surface area (Å²) in [7, 11) is -1.34. The molecule has 2 aromatic heterocycles. The molecular formula is C31H55N3O2Si2. The summed E-state index contributed by atoms with van der Waals surface area (Å²) in [6.45, 7) is 14.1. The summed E-state index contributed by atoms with van der Waals surface area (Å²) < 4.78 is 12.4. The normalized spacial score (nSPS) is 15.2. The number of nitrogens with zero attached hydrogens (tertiary/aromatic N) is 3. The average Bonchev–Trinajstić information content (AvgIpc) is 2.93. The first kappa shape index (κ1) is 32.5. The summed E-state index contributed by atoms with van der Waals surface area (Å²) in [5.41, 5.74) is 1.51. The second kappa shape index (κ2) is 19.3. The Balaban J connectivity index is 1.79. The molecule has 0 aromatic carbocycles. The smallest absolute Gasteiger partial charge is 0.221 e. The first-order valence-electron chi connectivity index (χ1n) is 15.5. The van der Waals surface area contributed by atoms with E-state index < -0.39 is 19.5 Å². The molecule has 0 N–H and O–H groups in total. The van der Waals surface area contributed by atoms with Gasteiger partial charge in [-0.05, 0) is 47.9 Å². The lowest BCUT2D eigenvalue weighted by atomic mass is 9.88. The molecule has 0 bridgehead atoms. The summed E-state index contributed by atoms with van der Waals surface area (Å²) in [4.78, 5) is 13.7. The number of unbranched alkanes of at least 4 members (excludes halogenated alkanes) is 2. The van der Waals surface area contributed by atoms with E-state index in [-0.39, 0.29) is 0 Å². The third-order valence-electron chi connectivity index (χ3n) is 7.98. The zero-order chi connectivity index (χ0) is 27.6. The molecule has 214 valence electrons. The SMILES string of the molecule is CCCCC(C)CCC(C)C[SiH2]Oc1cncc(-c2ncccc2O[SiH2]CCCC(C)C(C)CCCC)n1. The van der Waals surface area contributed by atoms with E-state index in [1.807, 2.05) is 12.1 Å². The lowest BCUT2D eigenvalue weighted by Gasteiger charge is -2.19. The highest BCUT2D eigenvalue weighted by Crippen LogP contribution is 2.27. The van der Waals surface area contributed by atoms with Crippen LogP contribution in [0.4, 0.5) is 0 Å². The molecule has 0 saturated heterocycles. The molecule has 0 aliphatic rings. The van der Waals surface area contributed by atoms with E-state index in [1.54, 1.807) is 18.6 Å². The fourth-order valence-electron chi connectivity index (χ4n) is 4.85. The van der Waals surface area contributed by atoms with Gasteiger partial charge in [0.25, 0.3) is 0 Å². The predicted molar refractivity (Wildman–Crippen MR) is 167 cm³/mol. The Morgan fingerprint density at radius 2 is 1.50 bits per heavy atom. The van der Waals surface area contributed by atoms with Crippen LogP contribution in [-0.2, 0) is 0 Å². The Morgan fingerprint density at radius 1 is 0.789 bits per heavy atom. The van der Waals surface area contributed by atoms with E-state index in [9.17, 15) is 0 Å². The van der Waals surface area contributed by atoms with Gasteiger partial charge in [-0.3, -0.25) is 9.97 Å². The Morgan fingerprint density at radius 3 is 2.26 bits per heavy atom. The topological polar surface area (TPSA) is 57.1 Å². The van der Waals surface area contributed by atoms with Crippen LogP contribution >= 0.6 is 0 Å². The van der Waals surface area contributed by atoms with Crippen molar-refractivity contribution in [3.8, 4) is 23.0 Å². The largest absolute Gasteiger partial charge is 0.548 e. The fraction of sp³-hybridized carbons (Fsp3) is 0.710. The maximum absolute atomic E-state index is 6.30. The molecule has 0 radical (unpaired) electrons. The van der Waals surface area contributed by atoms with Gasteiger partial charge in [0.1, 0.15) is 17.1 Å². The van der Waals surface area contributed by atoms with Gasteiger partial charge in [-0.25, -0.2) is 4.98 Å². The van der Waals surface area contributed by atoms with Gasteiger partial charge in [-0.15, -0.1) is 0 Å². The molecule has 2 rings (SSSR count). The minimum Gasteiger partial charge on any atom is -0.548 e. The van der Waals surface area contributed by atoms with Crippen molar-refractivity contribution in [3.63, 3.8) is 0 Å². The molecule has 2 aromatic rings. The quantitative estimate of drug-likeness (QED) is 0.116. The molecule has 0 saturated carbocycles. The van der Waals surface area contributed by atoms with Crippen LogP contribution in [-0.4, -0.2) is 34.5 Å². The number of pyridine rings is 1. The Hall–Kier alpha value is -1.74. The van der Waals surface area contributed by atoms with E-state index in [0.717, 1.165) is 34.9 Å². The van der Waals surface area contributed by atoms with Gasteiger partial charge in [0.15, 0.2) is 0 Å². The van der Waals surface area contributed by atoms with Crippen molar-refractivity contribution in [2.24, 2.45) is 23.7 Å². The molecular weight excluding hydrogens is 503 g/mol. The van der Waals surface area contributed by atoms with Crippen LogP contribution in [0.1, 0.15) is 106 Å². The van der Waals surface area contributed by atoms with Crippen LogP contribution < -0.4 is 8.85 Å². The van der Waals surface area contributed by atoms with Gasteiger partial charge in [0, 0.05) is 6.20 Å². The van der Waals surface area contributed by atoms with E-state index in [4.69, 9.17) is 13.8 Å². The third-order valence-corrected chi connectivity index (χ3v) is 11.0. The summed E-state index contributed by atoms with van der Waals surface area (Å²) in [5.74, 6) is 4.62. The molecule has 4 atom stereocenters. The third kappa shape index (κ3) is 12.9. The Bertz CT molecular complexity index is 886. The first-order valence-corrected chi connectivity index (χ1v) is 18.6. The molecule has 0 aliphatic carbocycles. The minimum absolute atomic E-state index is 0.623. The summed E-state index contributed by atoms with van der Waals surface area (Å²) in [5, 5.41) is 0. The van der Waals surface area contributed by atoms with E-state index in [2.05, 4.69) is 51.5 Å². The van der Waals surface area contributed by atoms with Crippen molar-refractivity contribution in [1.29, 1.82) is 0 Å². The molecule has 0 fully saturated rings. The van der Waals surface area contributed by atoms with Crippen LogP contribution in [0, 0.1) is 23.7 Å². The molecule has 0 amide bonds. The molecule has 0 spiro atoms. The molecule has 38 heavy (non-hydrogen) atoms. The van der Waals surface area contributed by atoms with Crippen LogP contribution in [0.25, 0.3) is 11.4 Å². The number of hydrogen-bond acceptors (Lipinski definition) is 5. The van der Waals surface area contributed by atoms with Gasteiger partial charge in [-0.1, -0.05) is 106 Å². The number of aromatic nitrogens is 3. The van der Waals surface area contributed by atoms with Gasteiger partial charge >= 0.3 is 0 Å². The monoisotopic (exact) mass is 557 g/mol. The van der Waals surface area contributed by atoms with Crippen LogP contribution in [0.2, 0.25) is 12.1 Å². The zero-order valence-electron chi connectivity index (χ0n) is 25.3. The molecule has 0 aliphatic heterocycles.